The SMILES string of the molecule is O=C(O)c1cc2c(Cl)c(OCc3ccccc3F)c(Cl)cc2[nH]1. The van der Waals surface area contributed by atoms with Crippen molar-refractivity contribution in [1.82, 2.24) is 4.98 Å². The first-order chi connectivity index (χ1) is 11.0. The molecule has 118 valence electrons. The van der Waals surface area contributed by atoms with E-state index >= 15 is 0 Å². The third-order valence-electron chi connectivity index (χ3n) is 3.33. The van der Waals surface area contributed by atoms with E-state index in [0.29, 0.717) is 16.5 Å². The summed E-state index contributed by atoms with van der Waals surface area (Å²) in [5.41, 5.74) is 0.833. The van der Waals surface area contributed by atoms with Gasteiger partial charge in [-0.1, -0.05) is 41.4 Å². The second-order valence-electron chi connectivity index (χ2n) is 4.83. The number of carboxylic acid groups (broad SMARTS) is 1. The Bertz CT molecular complexity index is 908. The van der Waals surface area contributed by atoms with Crippen LogP contribution in [-0.2, 0) is 6.61 Å². The van der Waals surface area contributed by atoms with Crippen molar-refractivity contribution in [3.05, 3.63) is 63.5 Å². The molecule has 0 aliphatic carbocycles. The van der Waals surface area contributed by atoms with Gasteiger partial charge in [-0.3, -0.25) is 0 Å². The zero-order chi connectivity index (χ0) is 16.6. The molecular weight excluding hydrogens is 344 g/mol. The molecule has 0 aliphatic rings. The number of hydrogen-bond donors (Lipinski definition) is 2. The van der Waals surface area contributed by atoms with Gasteiger partial charge in [0.05, 0.1) is 10.0 Å². The van der Waals surface area contributed by atoms with Gasteiger partial charge in [-0.25, -0.2) is 9.18 Å². The zero-order valence-corrected chi connectivity index (χ0v) is 13.1. The van der Waals surface area contributed by atoms with Crippen molar-refractivity contribution in [3.63, 3.8) is 0 Å². The second kappa shape index (κ2) is 6.10. The molecule has 0 unspecified atom stereocenters. The fourth-order valence-corrected chi connectivity index (χ4v) is 2.82. The van der Waals surface area contributed by atoms with Crippen molar-refractivity contribution in [2.24, 2.45) is 0 Å². The molecule has 1 heterocycles. The van der Waals surface area contributed by atoms with E-state index < -0.39 is 11.8 Å². The topological polar surface area (TPSA) is 62.3 Å². The first-order valence-electron chi connectivity index (χ1n) is 6.57. The van der Waals surface area contributed by atoms with E-state index in [9.17, 15) is 9.18 Å². The molecule has 0 radical (unpaired) electrons. The van der Waals surface area contributed by atoms with Crippen LogP contribution in [0.2, 0.25) is 10.0 Å². The van der Waals surface area contributed by atoms with Gasteiger partial charge in [0.2, 0.25) is 0 Å². The summed E-state index contributed by atoms with van der Waals surface area (Å²) in [6, 6.07) is 9.11. The number of nitrogens with one attached hydrogen (secondary N) is 1. The fourth-order valence-electron chi connectivity index (χ4n) is 2.20. The molecule has 0 amide bonds. The Balaban J connectivity index is 1.97. The van der Waals surface area contributed by atoms with Crippen molar-refractivity contribution < 1.29 is 19.0 Å². The van der Waals surface area contributed by atoms with Gasteiger partial charge >= 0.3 is 5.97 Å². The van der Waals surface area contributed by atoms with Crippen LogP contribution in [-0.4, -0.2) is 16.1 Å². The van der Waals surface area contributed by atoms with Gasteiger partial charge in [0.25, 0.3) is 0 Å². The quantitative estimate of drug-likeness (QED) is 0.701. The average molecular weight is 354 g/mol. The zero-order valence-electron chi connectivity index (χ0n) is 11.6. The van der Waals surface area contributed by atoms with Crippen LogP contribution in [0, 0.1) is 5.82 Å². The summed E-state index contributed by atoms with van der Waals surface area (Å²) in [6.45, 7) is -0.0478. The molecular formula is C16H10Cl2FNO3. The Hall–Kier alpha value is -2.24. The van der Waals surface area contributed by atoms with Crippen LogP contribution in [0.3, 0.4) is 0 Å². The highest BCUT2D eigenvalue weighted by molar-refractivity contribution is 6.41. The van der Waals surface area contributed by atoms with E-state index in [0.717, 1.165) is 0 Å². The Labute approximate surface area is 140 Å². The summed E-state index contributed by atoms with van der Waals surface area (Å²) < 4.78 is 19.2. The molecule has 0 saturated carbocycles. The monoisotopic (exact) mass is 353 g/mol. The standard InChI is InChI=1S/C16H10Cl2FNO3/c17-10-6-12-9(5-13(20-12)16(21)22)14(18)15(10)23-7-8-3-1-2-4-11(8)19/h1-6,20H,7H2,(H,21,22). The molecule has 2 aromatic carbocycles. The van der Waals surface area contributed by atoms with Crippen LogP contribution in [0.5, 0.6) is 5.75 Å². The van der Waals surface area contributed by atoms with Crippen LogP contribution in [0.1, 0.15) is 16.1 Å². The van der Waals surface area contributed by atoms with Crippen molar-refractivity contribution in [2.45, 2.75) is 6.61 Å². The van der Waals surface area contributed by atoms with E-state index in [1.807, 2.05) is 0 Å². The highest BCUT2D eigenvalue weighted by Gasteiger charge is 2.17. The number of fused-ring (bicyclic) bond motifs is 1. The van der Waals surface area contributed by atoms with E-state index in [2.05, 4.69) is 4.98 Å². The molecule has 4 nitrogen and oxygen atoms in total. The number of halogens is 3. The van der Waals surface area contributed by atoms with Gasteiger partial charge in [0.1, 0.15) is 18.1 Å². The highest BCUT2D eigenvalue weighted by atomic mass is 35.5. The van der Waals surface area contributed by atoms with Gasteiger partial charge in [-0.05, 0) is 18.2 Å². The molecule has 0 fully saturated rings. The number of ether oxygens (including phenoxy) is 1. The van der Waals surface area contributed by atoms with E-state index in [-0.39, 0.29) is 28.1 Å². The number of hydrogen-bond acceptors (Lipinski definition) is 2. The van der Waals surface area contributed by atoms with Crippen LogP contribution in [0.15, 0.2) is 36.4 Å². The minimum absolute atomic E-state index is 0.00998. The maximum atomic E-state index is 13.6. The number of benzene rings is 2. The summed E-state index contributed by atoms with van der Waals surface area (Å²) in [7, 11) is 0. The normalized spacial score (nSPS) is 10.9. The molecule has 0 saturated heterocycles. The number of aromatic carboxylic acids is 1. The van der Waals surface area contributed by atoms with E-state index in [4.69, 9.17) is 33.0 Å². The lowest BCUT2D eigenvalue weighted by atomic mass is 10.2. The lowest BCUT2D eigenvalue weighted by Gasteiger charge is -2.11. The molecule has 7 heteroatoms. The third-order valence-corrected chi connectivity index (χ3v) is 3.99. The highest BCUT2D eigenvalue weighted by Crippen LogP contribution is 2.40. The lowest BCUT2D eigenvalue weighted by Crippen LogP contribution is -1.99. The van der Waals surface area contributed by atoms with E-state index in [1.165, 1.54) is 18.2 Å². The molecule has 23 heavy (non-hydrogen) atoms. The number of aromatic amines is 1. The lowest BCUT2D eigenvalue weighted by molar-refractivity contribution is 0.0691. The number of carboxylic acids is 1. The summed E-state index contributed by atoms with van der Waals surface area (Å²) in [5, 5.41) is 9.87. The predicted octanol–water partition coefficient (Wildman–Crippen LogP) is 4.89. The van der Waals surface area contributed by atoms with Gasteiger partial charge in [-0.2, -0.15) is 0 Å². The molecule has 0 aliphatic heterocycles. The van der Waals surface area contributed by atoms with Crippen LogP contribution in [0.4, 0.5) is 4.39 Å². The molecule has 3 aromatic rings. The maximum Gasteiger partial charge on any atom is 0.352 e. The summed E-state index contributed by atoms with van der Waals surface area (Å²) in [6.07, 6.45) is 0. The van der Waals surface area contributed by atoms with Crippen molar-refractivity contribution in [1.29, 1.82) is 0 Å². The second-order valence-corrected chi connectivity index (χ2v) is 5.62. The number of aromatic nitrogens is 1. The third kappa shape index (κ3) is 2.98. The Morgan fingerprint density at radius 2 is 2.00 bits per heavy atom. The molecule has 2 N–H and O–H groups in total. The van der Waals surface area contributed by atoms with Crippen molar-refractivity contribution >= 4 is 40.1 Å². The van der Waals surface area contributed by atoms with Crippen molar-refractivity contribution in [3.8, 4) is 5.75 Å². The average Bonchev–Trinajstić information content (AvgIpc) is 2.93. The minimum atomic E-state index is -1.11. The van der Waals surface area contributed by atoms with Gasteiger partial charge in [-0.15, -0.1) is 0 Å². The van der Waals surface area contributed by atoms with E-state index in [1.54, 1.807) is 18.2 Å². The number of H-pyrrole nitrogens is 1. The Morgan fingerprint density at radius 3 is 2.70 bits per heavy atom. The first kappa shape index (κ1) is 15.6. The van der Waals surface area contributed by atoms with Gasteiger partial charge < -0.3 is 14.8 Å². The fraction of sp³-hybridized carbons (Fsp3) is 0.0625. The largest absolute Gasteiger partial charge is 0.486 e. The van der Waals surface area contributed by atoms with Gasteiger partial charge in [0, 0.05) is 16.5 Å². The maximum absolute atomic E-state index is 13.6. The first-order valence-corrected chi connectivity index (χ1v) is 7.33. The molecule has 0 bridgehead atoms. The number of rotatable bonds is 4. The summed E-state index contributed by atoms with van der Waals surface area (Å²) in [4.78, 5) is 13.7. The van der Waals surface area contributed by atoms with Gasteiger partial charge in [0.15, 0.2) is 5.75 Å². The number of carbonyl (C=O) groups is 1. The van der Waals surface area contributed by atoms with Crippen LogP contribution in [0.25, 0.3) is 10.9 Å². The predicted molar refractivity (Wildman–Crippen MR) is 86.0 cm³/mol. The van der Waals surface area contributed by atoms with Crippen molar-refractivity contribution in [2.75, 3.05) is 0 Å². The van der Waals surface area contributed by atoms with Crippen LogP contribution < -0.4 is 4.74 Å². The Kier molecular flexibility index (Phi) is 4.15. The molecule has 1 aromatic heterocycles. The summed E-state index contributed by atoms with van der Waals surface area (Å²) >= 11 is 12.4. The minimum Gasteiger partial charge on any atom is -0.486 e. The molecule has 0 atom stereocenters. The molecule has 0 spiro atoms. The Morgan fingerprint density at radius 1 is 1.26 bits per heavy atom. The molecule has 3 rings (SSSR count). The summed E-state index contributed by atoms with van der Waals surface area (Å²) in [5.74, 6) is -1.32. The smallest absolute Gasteiger partial charge is 0.352 e. The van der Waals surface area contributed by atoms with Crippen LogP contribution >= 0.6 is 23.2 Å².